The third-order valence-corrected chi connectivity index (χ3v) is 6.10. The van der Waals surface area contributed by atoms with Crippen molar-refractivity contribution >= 4 is 21.5 Å². The number of fused-ring (bicyclic) bond motifs is 2. The lowest BCUT2D eigenvalue weighted by Crippen LogP contribution is -1.97. The molecule has 0 atom stereocenters. The van der Waals surface area contributed by atoms with Crippen LogP contribution in [0.5, 0.6) is 11.5 Å². The molecule has 0 saturated carbocycles. The lowest BCUT2D eigenvalue weighted by atomic mass is 10.1. The SMILES string of the molecule is C.C=COCOc1ccc2ccccc2c1.C=COCOc1ccc2ccccc2c1.CCc1ccc(CC)cc1. The number of ether oxygens (including phenoxy) is 4. The van der Waals surface area contributed by atoms with Crippen LogP contribution in [0.4, 0.5) is 0 Å². The van der Waals surface area contributed by atoms with E-state index in [0.29, 0.717) is 0 Å². The molecule has 0 aliphatic rings. The van der Waals surface area contributed by atoms with Crippen LogP contribution in [-0.2, 0) is 22.3 Å². The smallest absolute Gasteiger partial charge is 0.229 e. The highest BCUT2D eigenvalue weighted by atomic mass is 16.7. The van der Waals surface area contributed by atoms with Crippen molar-refractivity contribution in [3.8, 4) is 11.5 Å². The van der Waals surface area contributed by atoms with E-state index in [1.807, 2.05) is 60.7 Å². The fourth-order valence-electron chi connectivity index (χ4n) is 3.83. The van der Waals surface area contributed by atoms with Crippen LogP contribution in [0.25, 0.3) is 21.5 Å². The zero-order chi connectivity index (χ0) is 28.4. The first-order valence-electron chi connectivity index (χ1n) is 13.4. The molecule has 0 N–H and O–H groups in total. The predicted molar refractivity (Wildman–Crippen MR) is 173 cm³/mol. The predicted octanol–water partition coefficient (Wildman–Crippen LogP) is 10.1. The molecule has 214 valence electrons. The van der Waals surface area contributed by atoms with Gasteiger partial charge in [-0.3, -0.25) is 0 Å². The summed E-state index contributed by atoms with van der Waals surface area (Å²) < 4.78 is 20.5. The van der Waals surface area contributed by atoms with E-state index in [9.17, 15) is 0 Å². The minimum atomic E-state index is 0. The van der Waals surface area contributed by atoms with Crippen LogP contribution in [-0.4, -0.2) is 13.6 Å². The van der Waals surface area contributed by atoms with E-state index in [1.54, 1.807) is 0 Å². The van der Waals surface area contributed by atoms with Gasteiger partial charge >= 0.3 is 0 Å². The Morgan fingerprint density at radius 3 is 1.22 bits per heavy atom. The molecule has 0 aliphatic heterocycles. The topological polar surface area (TPSA) is 36.9 Å². The van der Waals surface area contributed by atoms with Crippen molar-refractivity contribution in [1.82, 2.24) is 0 Å². The maximum Gasteiger partial charge on any atom is 0.229 e. The largest absolute Gasteiger partial charge is 0.466 e. The summed E-state index contributed by atoms with van der Waals surface area (Å²) in [5, 5.41) is 4.73. The van der Waals surface area contributed by atoms with Crippen molar-refractivity contribution < 1.29 is 18.9 Å². The van der Waals surface area contributed by atoms with Gasteiger partial charge in [0.05, 0.1) is 12.5 Å². The standard InChI is InChI=1S/2C13H12O2.C10H14.CH4/c2*1-2-14-10-15-13-8-7-11-5-3-4-6-12(11)9-13;1-3-9-5-7-10(4-2)8-6-9;/h2*2-9H,1,10H2;5-8H,3-4H2,1-2H3;1H4. The quantitative estimate of drug-likeness (QED) is 0.0985. The summed E-state index contributed by atoms with van der Waals surface area (Å²) in [6.07, 6.45) is 5.01. The number of benzene rings is 5. The van der Waals surface area contributed by atoms with Gasteiger partial charge in [0.15, 0.2) is 0 Å². The molecule has 5 rings (SSSR count). The Morgan fingerprint density at radius 1 is 0.512 bits per heavy atom. The molecule has 41 heavy (non-hydrogen) atoms. The second-order valence-corrected chi connectivity index (χ2v) is 8.73. The third-order valence-electron chi connectivity index (χ3n) is 6.10. The first kappa shape index (κ1) is 32.5. The molecule has 0 bridgehead atoms. The minimum absolute atomic E-state index is 0. The summed E-state index contributed by atoms with van der Waals surface area (Å²) >= 11 is 0. The van der Waals surface area contributed by atoms with Crippen LogP contribution < -0.4 is 9.47 Å². The third kappa shape index (κ3) is 11.1. The molecule has 0 fully saturated rings. The van der Waals surface area contributed by atoms with Crippen molar-refractivity contribution in [2.45, 2.75) is 34.1 Å². The Balaban J connectivity index is 0.000000217. The highest BCUT2D eigenvalue weighted by molar-refractivity contribution is 5.84. The van der Waals surface area contributed by atoms with Crippen molar-refractivity contribution in [3.63, 3.8) is 0 Å². The molecule has 5 aromatic rings. The molecule has 0 saturated heterocycles. The van der Waals surface area contributed by atoms with E-state index >= 15 is 0 Å². The zero-order valence-corrected chi connectivity index (χ0v) is 23.4. The fraction of sp³-hybridized carbons (Fsp3) is 0.189. The van der Waals surface area contributed by atoms with Crippen molar-refractivity contribution in [3.05, 3.63) is 146 Å². The number of rotatable bonds is 10. The van der Waals surface area contributed by atoms with E-state index < -0.39 is 0 Å². The normalized spacial score (nSPS) is 9.61. The van der Waals surface area contributed by atoms with Crippen LogP contribution in [0.2, 0.25) is 0 Å². The van der Waals surface area contributed by atoms with E-state index in [1.165, 1.54) is 34.4 Å². The average Bonchev–Trinajstić information content (AvgIpc) is 3.02. The van der Waals surface area contributed by atoms with Gasteiger partial charge in [0.25, 0.3) is 0 Å². The van der Waals surface area contributed by atoms with Gasteiger partial charge in [-0.15, -0.1) is 0 Å². The number of hydrogen-bond acceptors (Lipinski definition) is 4. The van der Waals surface area contributed by atoms with Crippen LogP contribution in [0.1, 0.15) is 32.4 Å². The molecule has 4 heteroatoms. The molecule has 0 unspecified atom stereocenters. The molecule has 0 aromatic heterocycles. The number of hydrogen-bond donors (Lipinski definition) is 0. The second kappa shape index (κ2) is 18.6. The monoisotopic (exact) mass is 550 g/mol. The van der Waals surface area contributed by atoms with Gasteiger partial charge in [0, 0.05) is 0 Å². The van der Waals surface area contributed by atoms with Gasteiger partial charge in [0.2, 0.25) is 13.6 Å². The average molecular weight is 551 g/mol. The summed E-state index contributed by atoms with van der Waals surface area (Å²) in [4.78, 5) is 0. The summed E-state index contributed by atoms with van der Waals surface area (Å²) in [6.45, 7) is 11.6. The minimum Gasteiger partial charge on any atom is -0.466 e. The molecule has 4 nitrogen and oxygen atoms in total. The van der Waals surface area contributed by atoms with Crippen LogP contribution in [0.3, 0.4) is 0 Å². The molecule has 0 spiro atoms. The maximum atomic E-state index is 5.36. The van der Waals surface area contributed by atoms with Gasteiger partial charge in [-0.25, -0.2) is 0 Å². The molecule has 0 aliphatic carbocycles. The van der Waals surface area contributed by atoms with E-state index in [2.05, 4.69) is 75.5 Å². The zero-order valence-electron chi connectivity index (χ0n) is 23.4. The molecule has 0 heterocycles. The van der Waals surface area contributed by atoms with E-state index in [4.69, 9.17) is 18.9 Å². The molecule has 5 aromatic carbocycles. The van der Waals surface area contributed by atoms with E-state index in [0.717, 1.165) is 35.1 Å². The van der Waals surface area contributed by atoms with Crippen molar-refractivity contribution in [1.29, 1.82) is 0 Å². The Labute approximate surface area is 245 Å². The second-order valence-electron chi connectivity index (χ2n) is 8.73. The molecular weight excluding hydrogens is 508 g/mol. The highest BCUT2D eigenvalue weighted by Crippen LogP contribution is 2.21. The lowest BCUT2D eigenvalue weighted by Gasteiger charge is -2.06. The number of aryl methyl sites for hydroxylation is 2. The fourth-order valence-corrected chi connectivity index (χ4v) is 3.83. The van der Waals surface area contributed by atoms with Crippen LogP contribution in [0.15, 0.2) is 135 Å². The van der Waals surface area contributed by atoms with Gasteiger partial charge < -0.3 is 18.9 Å². The summed E-state index contributed by atoms with van der Waals surface area (Å²) in [5.74, 6) is 1.60. The molecule has 0 amide bonds. The van der Waals surface area contributed by atoms with Crippen molar-refractivity contribution in [2.24, 2.45) is 0 Å². The summed E-state index contributed by atoms with van der Waals surface area (Å²) in [5.41, 5.74) is 2.86. The Hall–Kier alpha value is -4.70. The van der Waals surface area contributed by atoms with Gasteiger partial charge in [-0.1, -0.05) is 119 Å². The first-order chi connectivity index (χ1) is 19.7. The highest BCUT2D eigenvalue weighted by Gasteiger charge is 1.97. The van der Waals surface area contributed by atoms with Gasteiger partial charge in [-0.05, 0) is 69.8 Å². The van der Waals surface area contributed by atoms with Crippen molar-refractivity contribution in [2.75, 3.05) is 13.6 Å². The Kier molecular flexibility index (Phi) is 14.7. The summed E-state index contributed by atoms with van der Waals surface area (Å²) in [6, 6.07) is 37.0. The van der Waals surface area contributed by atoms with E-state index in [-0.39, 0.29) is 21.0 Å². The van der Waals surface area contributed by atoms with Crippen LogP contribution in [0, 0.1) is 0 Å². The molecule has 0 radical (unpaired) electrons. The van der Waals surface area contributed by atoms with Crippen LogP contribution >= 0.6 is 0 Å². The maximum absolute atomic E-state index is 5.36. The lowest BCUT2D eigenvalue weighted by molar-refractivity contribution is 0.0805. The Morgan fingerprint density at radius 2 is 0.878 bits per heavy atom. The summed E-state index contributed by atoms with van der Waals surface area (Å²) in [7, 11) is 0. The first-order valence-corrected chi connectivity index (χ1v) is 13.4. The molecular formula is C37H42O4. The van der Waals surface area contributed by atoms with Gasteiger partial charge in [-0.2, -0.15) is 0 Å². The van der Waals surface area contributed by atoms with Gasteiger partial charge in [0.1, 0.15) is 11.5 Å². The Bertz CT molecular complexity index is 1350.